The summed E-state index contributed by atoms with van der Waals surface area (Å²) >= 11 is 0. The van der Waals surface area contributed by atoms with Crippen molar-refractivity contribution in [2.45, 2.75) is 18.8 Å². The Bertz CT molecular complexity index is 570. The molecule has 2 N–H and O–H groups in total. The molecule has 0 radical (unpaired) electrons. The van der Waals surface area contributed by atoms with Crippen LogP contribution in [0.1, 0.15) is 18.9 Å². The average molecular weight is 255 g/mol. The lowest BCUT2D eigenvalue weighted by molar-refractivity contribution is -0.0897. The number of fused-ring (bicyclic) bond motifs is 1. The fourth-order valence-corrected chi connectivity index (χ4v) is 3.24. The molecule has 1 saturated heterocycles. The van der Waals surface area contributed by atoms with Crippen LogP contribution in [-0.2, 0) is 10.2 Å². The Balaban J connectivity index is 2.06. The van der Waals surface area contributed by atoms with Crippen molar-refractivity contribution in [3.05, 3.63) is 48.0 Å². The van der Waals surface area contributed by atoms with Crippen LogP contribution in [0.5, 0.6) is 0 Å². The predicted molar refractivity (Wildman–Crippen MR) is 79.3 cm³/mol. The van der Waals surface area contributed by atoms with E-state index in [0.29, 0.717) is 5.92 Å². The van der Waals surface area contributed by atoms with Gasteiger partial charge in [-0.1, -0.05) is 55.8 Å². The van der Waals surface area contributed by atoms with Crippen LogP contribution in [0.3, 0.4) is 0 Å². The van der Waals surface area contributed by atoms with Crippen LogP contribution in [0.25, 0.3) is 10.8 Å². The van der Waals surface area contributed by atoms with Gasteiger partial charge in [-0.15, -0.1) is 0 Å². The second-order valence-electron chi connectivity index (χ2n) is 5.55. The normalized spacial score (nSPS) is 19.1. The Hall–Kier alpha value is -1.38. The molecule has 0 aromatic heterocycles. The second-order valence-corrected chi connectivity index (χ2v) is 5.55. The molecule has 100 valence electrons. The average Bonchev–Trinajstić information content (AvgIpc) is 2.42. The molecule has 0 bridgehead atoms. The zero-order valence-corrected chi connectivity index (χ0v) is 11.4. The van der Waals surface area contributed by atoms with E-state index in [1.807, 2.05) is 0 Å². The van der Waals surface area contributed by atoms with Gasteiger partial charge in [0.05, 0.1) is 13.2 Å². The third-order valence-electron chi connectivity index (χ3n) is 4.60. The first-order valence-electron chi connectivity index (χ1n) is 7.07. The van der Waals surface area contributed by atoms with E-state index in [-0.39, 0.29) is 5.41 Å². The van der Waals surface area contributed by atoms with Gasteiger partial charge in [0.15, 0.2) is 0 Å². The number of hydrogen-bond donors (Lipinski definition) is 1. The molecular formula is C17H21NO. The Kier molecular flexibility index (Phi) is 3.29. The minimum atomic E-state index is 0.132. The van der Waals surface area contributed by atoms with E-state index in [1.165, 1.54) is 16.3 Å². The predicted octanol–water partition coefficient (Wildman–Crippen LogP) is 3.09. The molecule has 1 atom stereocenters. The van der Waals surface area contributed by atoms with Gasteiger partial charge in [0.25, 0.3) is 0 Å². The summed E-state index contributed by atoms with van der Waals surface area (Å²) in [6.07, 6.45) is 1.10. The summed E-state index contributed by atoms with van der Waals surface area (Å²) in [5.74, 6) is 0.502. The van der Waals surface area contributed by atoms with Crippen molar-refractivity contribution >= 4 is 10.8 Å². The molecule has 0 spiro atoms. The van der Waals surface area contributed by atoms with Crippen molar-refractivity contribution in [2.75, 3.05) is 19.8 Å². The maximum Gasteiger partial charge on any atom is 0.0588 e. The van der Waals surface area contributed by atoms with E-state index < -0.39 is 0 Å². The minimum Gasteiger partial charge on any atom is -0.379 e. The van der Waals surface area contributed by atoms with Crippen molar-refractivity contribution < 1.29 is 4.74 Å². The Morgan fingerprint density at radius 2 is 1.89 bits per heavy atom. The molecule has 2 nitrogen and oxygen atoms in total. The van der Waals surface area contributed by atoms with Crippen LogP contribution in [-0.4, -0.2) is 19.8 Å². The highest BCUT2D eigenvalue weighted by Gasteiger charge is 2.45. The molecule has 0 saturated carbocycles. The first kappa shape index (κ1) is 12.6. The third-order valence-corrected chi connectivity index (χ3v) is 4.60. The van der Waals surface area contributed by atoms with Crippen molar-refractivity contribution in [2.24, 2.45) is 11.7 Å². The molecule has 1 heterocycles. The van der Waals surface area contributed by atoms with Gasteiger partial charge in [0.1, 0.15) is 0 Å². The zero-order chi connectivity index (χ0) is 13.3. The highest BCUT2D eigenvalue weighted by molar-refractivity contribution is 5.83. The standard InChI is InChI=1S/C17H21NO/c1-2-15(10-18)17(11-19-12-17)16-8-7-13-5-3-4-6-14(13)9-16/h3-9,15H,2,10-12,18H2,1H3. The van der Waals surface area contributed by atoms with Gasteiger partial charge < -0.3 is 10.5 Å². The molecule has 19 heavy (non-hydrogen) atoms. The molecule has 2 heteroatoms. The van der Waals surface area contributed by atoms with Gasteiger partial charge in [-0.2, -0.15) is 0 Å². The number of hydrogen-bond acceptors (Lipinski definition) is 2. The van der Waals surface area contributed by atoms with Crippen LogP contribution in [0.4, 0.5) is 0 Å². The lowest BCUT2D eigenvalue weighted by atomic mass is 9.67. The fourth-order valence-electron chi connectivity index (χ4n) is 3.24. The molecule has 1 aliphatic rings. The Morgan fingerprint density at radius 3 is 2.47 bits per heavy atom. The molecule has 1 aliphatic heterocycles. The SMILES string of the molecule is CCC(CN)C1(c2ccc3ccccc3c2)COC1. The van der Waals surface area contributed by atoms with Gasteiger partial charge in [-0.3, -0.25) is 0 Å². The first-order valence-corrected chi connectivity index (χ1v) is 7.07. The van der Waals surface area contributed by atoms with E-state index in [9.17, 15) is 0 Å². The van der Waals surface area contributed by atoms with Gasteiger partial charge in [-0.05, 0) is 28.8 Å². The van der Waals surface area contributed by atoms with Crippen molar-refractivity contribution in [1.82, 2.24) is 0 Å². The summed E-state index contributed by atoms with van der Waals surface area (Å²) in [5.41, 5.74) is 7.49. The van der Waals surface area contributed by atoms with Gasteiger partial charge in [0.2, 0.25) is 0 Å². The Labute approximate surface area is 114 Å². The molecule has 2 aromatic rings. The van der Waals surface area contributed by atoms with Crippen LogP contribution in [0.15, 0.2) is 42.5 Å². The second kappa shape index (κ2) is 4.95. The molecule has 3 rings (SSSR count). The first-order chi connectivity index (χ1) is 9.30. The molecular weight excluding hydrogens is 234 g/mol. The summed E-state index contributed by atoms with van der Waals surface area (Å²) in [7, 11) is 0. The summed E-state index contributed by atoms with van der Waals surface area (Å²) in [6.45, 7) is 4.56. The van der Waals surface area contributed by atoms with Crippen LogP contribution < -0.4 is 5.73 Å². The molecule has 1 unspecified atom stereocenters. The molecule has 0 aliphatic carbocycles. The number of nitrogens with two attached hydrogens (primary N) is 1. The highest BCUT2D eigenvalue weighted by Crippen LogP contribution is 2.41. The van der Waals surface area contributed by atoms with E-state index in [1.54, 1.807) is 0 Å². The number of benzene rings is 2. The monoisotopic (exact) mass is 255 g/mol. The summed E-state index contributed by atoms with van der Waals surface area (Å²) in [4.78, 5) is 0. The zero-order valence-electron chi connectivity index (χ0n) is 11.4. The van der Waals surface area contributed by atoms with Crippen molar-refractivity contribution in [1.29, 1.82) is 0 Å². The quantitative estimate of drug-likeness (QED) is 0.911. The van der Waals surface area contributed by atoms with Crippen molar-refractivity contribution in [3.63, 3.8) is 0 Å². The maximum absolute atomic E-state index is 5.97. The van der Waals surface area contributed by atoms with Crippen LogP contribution in [0.2, 0.25) is 0 Å². The number of rotatable bonds is 4. The van der Waals surface area contributed by atoms with E-state index in [4.69, 9.17) is 10.5 Å². The Morgan fingerprint density at radius 1 is 1.16 bits per heavy atom. The summed E-state index contributed by atoms with van der Waals surface area (Å²) in [5, 5.41) is 2.60. The molecule has 0 amide bonds. The van der Waals surface area contributed by atoms with Gasteiger partial charge >= 0.3 is 0 Å². The van der Waals surface area contributed by atoms with E-state index >= 15 is 0 Å². The highest BCUT2D eigenvalue weighted by atomic mass is 16.5. The molecule has 2 aromatic carbocycles. The van der Waals surface area contributed by atoms with Crippen LogP contribution >= 0.6 is 0 Å². The van der Waals surface area contributed by atoms with E-state index in [0.717, 1.165) is 26.2 Å². The summed E-state index contributed by atoms with van der Waals surface area (Å²) < 4.78 is 5.53. The molecule has 1 fully saturated rings. The van der Waals surface area contributed by atoms with Crippen LogP contribution in [0, 0.1) is 5.92 Å². The fraction of sp³-hybridized carbons (Fsp3) is 0.412. The largest absolute Gasteiger partial charge is 0.379 e. The third kappa shape index (κ3) is 1.96. The minimum absolute atomic E-state index is 0.132. The summed E-state index contributed by atoms with van der Waals surface area (Å²) in [6, 6.07) is 15.3. The lowest BCUT2D eigenvalue weighted by Gasteiger charge is -2.47. The van der Waals surface area contributed by atoms with Gasteiger partial charge in [0, 0.05) is 5.41 Å². The number of ether oxygens (including phenoxy) is 1. The van der Waals surface area contributed by atoms with Gasteiger partial charge in [-0.25, -0.2) is 0 Å². The van der Waals surface area contributed by atoms with E-state index in [2.05, 4.69) is 49.4 Å². The lowest BCUT2D eigenvalue weighted by Crippen LogP contribution is -2.54. The van der Waals surface area contributed by atoms with Crippen molar-refractivity contribution in [3.8, 4) is 0 Å². The maximum atomic E-state index is 5.97. The smallest absolute Gasteiger partial charge is 0.0588 e. The topological polar surface area (TPSA) is 35.2 Å².